The highest BCUT2D eigenvalue weighted by molar-refractivity contribution is 5.94. The zero-order valence-corrected chi connectivity index (χ0v) is 8.04. The van der Waals surface area contributed by atoms with E-state index in [9.17, 15) is 14.4 Å². The van der Waals surface area contributed by atoms with Crippen molar-refractivity contribution in [2.24, 2.45) is 7.05 Å². The molecule has 82 valence electrons. The fourth-order valence-corrected chi connectivity index (χ4v) is 0.954. The highest BCUT2D eigenvalue weighted by Gasteiger charge is 2.19. The number of hydrogen-bond donors (Lipinski definition) is 0. The van der Waals surface area contributed by atoms with Crippen LogP contribution in [0.15, 0.2) is 16.9 Å². The number of ether oxygens (including phenoxy) is 2. The van der Waals surface area contributed by atoms with E-state index in [0.29, 0.717) is 0 Å². The Labute approximate surface area is 88.1 Å². The van der Waals surface area contributed by atoms with Crippen molar-refractivity contribution in [3.8, 4) is 11.8 Å². The van der Waals surface area contributed by atoms with Crippen molar-refractivity contribution < 1.29 is 19.1 Å². The van der Waals surface area contributed by atoms with Crippen LogP contribution >= 0.6 is 0 Å². The molecule has 0 bridgehead atoms. The smallest absolute Gasteiger partial charge is 0.367 e. The van der Waals surface area contributed by atoms with E-state index in [2.05, 4.69) is 19.6 Å². The molecule has 0 unspecified atom stereocenters. The summed E-state index contributed by atoms with van der Waals surface area (Å²) in [7, 11) is 1.32. The van der Waals surface area contributed by atoms with Gasteiger partial charge in [0.15, 0.2) is 0 Å². The van der Waals surface area contributed by atoms with Gasteiger partial charge in [0, 0.05) is 19.2 Å². The van der Waals surface area contributed by atoms with Crippen LogP contribution in [0.4, 0.5) is 0 Å². The molecule has 0 atom stereocenters. The summed E-state index contributed by atoms with van der Waals surface area (Å²) >= 11 is 0. The predicted molar refractivity (Wildman–Crippen MR) is 47.7 cm³/mol. The van der Waals surface area contributed by atoms with Crippen molar-refractivity contribution in [2.75, 3.05) is 0 Å². The zero-order valence-electron chi connectivity index (χ0n) is 8.04. The summed E-state index contributed by atoms with van der Waals surface area (Å²) in [5, 5.41) is 3.59. The van der Waals surface area contributed by atoms with Gasteiger partial charge in [-0.2, -0.15) is 4.98 Å². The zero-order chi connectivity index (χ0) is 11.7. The molecule has 0 aromatic carbocycles. The number of nitrogens with zero attached hydrogens (tertiary/aromatic N) is 3. The summed E-state index contributed by atoms with van der Waals surface area (Å²) in [6, 6.07) is 0. The minimum absolute atomic E-state index is 0.329. The van der Waals surface area contributed by atoms with Crippen LogP contribution in [-0.4, -0.2) is 26.7 Å². The molecule has 16 heavy (non-hydrogen) atoms. The molecule has 0 saturated carbocycles. The Morgan fingerprint density at radius 2 is 1.62 bits per heavy atom. The van der Waals surface area contributed by atoms with Crippen LogP contribution in [0.5, 0.6) is 11.8 Å². The van der Waals surface area contributed by atoms with Gasteiger partial charge in [0.1, 0.15) is 0 Å². The first-order valence-electron chi connectivity index (χ1n) is 4.13. The lowest BCUT2D eigenvalue weighted by molar-refractivity contribution is -0.134. The monoisotopic (exact) mass is 223 g/mol. The van der Waals surface area contributed by atoms with Crippen LogP contribution in [0.3, 0.4) is 0 Å². The maximum Gasteiger partial charge on any atom is 0.367 e. The van der Waals surface area contributed by atoms with E-state index in [1.165, 1.54) is 7.05 Å². The lowest BCUT2D eigenvalue weighted by Gasteiger charge is -2.08. The molecule has 0 fully saturated rings. The van der Waals surface area contributed by atoms with Crippen molar-refractivity contribution in [1.82, 2.24) is 14.8 Å². The molecule has 0 amide bonds. The van der Waals surface area contributed by atoms with Crippen molar-refractivity contribution in [3.63, 3.8) is 0 Å². The van der Waals surface area contributed by atoms with Gasteiger partial charge >= 0.3 is 23.5 Å². The normalized spacial score (nSPS) is 16.6. The van der Waals surface area contributed by atoms with E-state index in [4.69, 9.17) is 0 Å². The Morgan fingerprint density at radius 3 is 2.25 bits per heavy atom. The molecule has 8 heteroatoms. The van der Waals surface area contributed by atoms with Crippen LogP contribution in [0.2, 0.25) is 0 Å². The first-order chi connectivity index (χ1) is 7.56. The summed E-state index contributed by atoms with van der Waals surface area (Å²) in [6.45, 7) is 0. The second-order valence-electron chi connectivity index (χ2n) is 2.80. The van der Waals surface area contributed by atoms with Crippen LogP contribution in [0.25, 0.3) is 0 Å². The molecule has 0 N–H and O–H groups in total. The fourth-order valence-electron chi connectivity index (χ4n) is 0.954. The lowest BCUT2D eigenvalue weighted by atomic mass is 10.5. The molecule has 1 aliphatic heterocycles. The van der Waals surface area contributed by atoms with E-state index in [1.807, 2.05) is 0 Å². The van der Waals surface area contributed by atoms with E-state index in [-0.39, 0.29) is 5.88 Å². The summed E-state index contributed by atoms with van der Waals surface area (Å²) in [5.41, 5.74) is -0.729. The highest BCUT2D eigenvalue weighted by atomic mass is 16.6. The predicted octanol–water partition coefficient (Wildman–Crippen LogP) is -1.44. The van der Waals surface area contributed by atoms with Gasteiger partial charge in [0.25, 0.3) is 5.88 Å². The Hall–Kier alpha value is -2.51. The molecule has 1 aliphatic rings. The molecule has 0 radical (unpaired) electrons. The molecule has 0 aliphatic carbocycles. The largest absolute Gasteiger partial charge is 0.398 e. The maximum absolute atomic E-state index is 11.1. The van der Waals surface area contributed by atoms with E-state index in [0.717, 1.165) is 16.8 Å². The molecule has 0 spiro atoms. The Bertz CT molecular complexity index is 559. The van der Waals surface area contributed by atoms with Crippen LogP contribution < -0.4 is 15.2 Å². The molecule has 2 rings (SSSR count). The summed E-state index contributed by atoms with van der Waals surface area (Å²) in [6.07, 6.45) is 1.75. The average Bonchev–Trinajstić information content (AvgIpc) is 2.21. The molecule has 0 saturated heterocycles. The molecule has 1 aromatic heterocycles. The van der Waals surface area contributed by atoms with Crippen LogP contribution in [0, 0.1) is 0 Å². The third-order valence-corrected chi connectivity index (χ3v) is 1.65. The number of carbonyl (C=O) groups excluding carboxylic acids is 2. The summed E-state index contributed by atoms with van der Waals surface area (Å²) < 4.78 is 10.2. The fraction of sp³-hybridized carbons (Fsp3) is 0.125. The van der Waals surface area contributed by atoms with E-state index in [1.54, 1.807) is 0 Å². The molecular weight excluding hydrogens is 218 g/mol. The topological polar surface area (TPSA) is 100 Å². The molecule has 1 aromatic rings. The SMILES string of the molecule is Cn1nc2c(nc1=O)OC(=O)/C=C/C(=O)O2. The van der Waals surface area contributed by atoms with Gasteiger partial charge < -0.3 is 9.47 Å². The average molecular weight is 223 g/mol. The number of fused-ring (bicyclic) bond motifs is 1. The van der Waals surface area contributed by atoms with Gasteiger partial charge in [0.2, 0.25) is 0 Å². The number of hydrogen-bond acceptors (Lipinski definition) is 7. The van der Waals surface area contributed by atoms with Gasteiger partial charge in [-0.1, -0.05) is 0 Å². The molecule has 2 heterocycles. The first-order valence-corrected chi connectivity index (χ1v) is 4.13. The minimum Gasteiger partial charge on any atom is -0.398 e. The van der Waals surface area contributed by atoms with E-state index < -0.39 is 23.5 Å². The Kier molecular flexibility index (Phi) is 2.24. The van der Waals surface area contributed by atoms with Crippen molar-refractivity contribution in [1.29, 1.82) is 0 Å². The Balaban J connectivity index is 2.56. The summed E-state index contributed by atoms with van der Waals surface area (Å²) in [5.74, 6) is -2.39. The third kappa shape index (κ3) is 1.80. The van der Waals surface area contributed by atoms with Crippen LogP contribution in [0.1, 0.15) is 0 Å². The lowest BCUT2D eigenvalue weighted by Crippen LogP contribution is -2.26. The maximum atomic E-state index is 11.1. The van der Waals surface area contributed by atoms with Gasteiger partial charge in [0.05, 0.1) is 0 Å². The number of esters is 2. The second-order valence-corrected chi connectivity index (χ2v) is 2.80. The Morgan fingerprint density at radius 1 is 1.06 bits per heavy atom. The number of rotatable bonds is 0. The molecule has 8 nitrogen and oxygen atoms in total. The summed E-state index contributed by atoms with van der Waals surface area (Å²) in [4.78, 5) is 36.6. The quantitative estimate of drug-likeness (QED) is 0.496. The number of aromatic nitrogens is 3. The highest BCUT2D eigenvalue weighted by Crippen LogP contribution is 2.20. The minimum atomic E-state index is -0.833. The third-order valence-electron chi connectivity index (χ3n) is 1.65. The first kappa shape index (κ1) is 10.0. The number of aryl methyl sites for hydroxylation is 1. The standard InChI is InChI=1S/C8H5N3O5/c1-11-8(14)9-6-7(10-11)16-5(13)3-2-4(12)15-6/h2-3H,1H3/b3-2+. The van der Waals surface area contributed by atoms with Crippen LogP contribution in [-0.2, 0) is 16.6 Å². The van der Waals surface area contributed by atoms with Gasteiger partial charge in [-0.25, -0.2) is 19.1 Å². The number of carbonyl (C=O) groups is 2. The molecular formula is C8H5N3O5. The van der Waals surface area contributed by atoms with Crippen molar-refractivity contribution in [2.45, 2.75) is 0 Å². The van der Waals surface area contributed by atoms with Crippen molar-refractivity contribution in [3.05, 3.63) is 22.6 Å². The second kappa shape index (κ2) is 3.57. The van der Waals surface area contributed by atoms with Crippen molar-refractivity contribution >= 4 is 11.9 Å². The van der Waals surface area contributed by atoms with Gasteiger partial charge in [-0.15, -0.1) is 5.10 Å². The van der Waals surface area contributed by atoms with E-state index >= 15 is 0 Å². The van der Waals surface area contributed by atoms with Gasteiger partial charge in [-0.3, -0.25) is 0 Å². The van der Waals surface area contributed by atoms with Gasteiger partial charge in [-0.05, 0) is 0 Å².